The molecule has 2 fully saturated rings. The van der Waals surface area contributed by atoms with E-state index in [4.69, 9.17) is 9.47 Å². The Morgan fingerprint density at radius 1 is 1.08 bits per heavy atom. The van der Waals surface area contributed by atoms with E-state index in [1.54, 1.807) is 19.1 Å². The number of pyridine rings is 1. The van der Waals surface area contributed by atoms with Crippen molar-refractivity contribution in [2.24, 2.45) is 5.92 Å². The van der Waals surface area contributed by atoms with Gasteiger partial charge in [0.1, 0.15) is 23.4 Å². The minimum atomic E-state index is -2.41. The molecule has 1 saturated heterocycles. The number of carbonyl (C=O) groups is 2. The van der Waals surface area contributed by atoms with Crippen molar-refractivity contribution in [2.45, 2.75) is 63.1 Å². The number of nitrogens with zero attached hydrogens (tertiary/aromatic N) is 2. The number of aromatic nitrogens is 1. The Balaban J connectivity index is 1.64. The molecule has 206 valence electrons. The molecule has 2 heterocycles. The number of alkyl halides is 2. The number of hydrogen-bond acceptors (Lipinski definition) is 5. The molecule has 8 nitrogen and oxygen atoms in total. The highest BCUT2D eigenvalue weighted by Gasteiger charge is 2.51. The maximum Gasteiger partial charge on any atom is 0.315 e. The standard InChI is InChI=1S/C26H30F4N4O4/c1-13-20(21-17(27)11-16(37-2)12-18(21)28)22(25(35)34(13)24-19(38-3)5-4-10-31-24)33-26(36)32-15-8-6-14(7-9-15)23(29)30/h4-5,10-15,20,22-23H,6-9H2,1-3H3,(H2,32,33,36)/t13-,14?,15?,20-,22?/m0/s1. The van der Waals surface area contributed by atoms with Crippen LogP contribution in [0.15, 0.2) is 30.5 Å². The number of nitrogens with one attached hydrogen (secondary N) is 2. The van der Waals surface area contributed by atoms with Crippen molar-refractivity contribution < 1.29 is 36.6 Å². The summed E-state index contributed by atoms with van der Waals surface area (Å²) in [6, 6.07) is 1.94. The molecule has 3 atom stereocenters. The molecular formula is C26H30F4N4O4. The van der Waals surface area contributed by atoms with E-state index in [-0.39, 0.29) is 41.8 Å². The normalized spacial score (nSPS) is 25.4. The van der Waals surface area contributed by atoms with E-state index in [9.17, 15) is 18.4 Å². The molecule has 1 unspecified atom stereocenters. The van der Waals surface area contributed by atoms with Gasteiger partial charge in [-0.05, 0) is 44.7 Å². The number of methoxy groups -OCH3 is 2. The first kappa shape index (κ1) is 27.5. The molecule has 1 aromatic carbocycles. The van der Waals surface area contributed by atoms with Crippen LogP contribution in [0.1, 0.15) is 44.1 Å². The van der Waals surface area contributed by atoms with E-state index in [0.717, 1.165) is 12.1 Å². The van der Waals surface area contributed by atoms with E-state index >= 15 is 8.78 Å². The maximum absolute atomic E-state index is 15.2. The van der Waals surface area contributed by atoms with Gasteiger partial charge in [-0.1, -0.05) is 0 Å². The van der Waals surface area contributed by atoms with Crippen molar-refractivity contribution in [2.75, 3.05) is 19.1 Å². The summed E-state index contributed by atoms with van der Waals surface area (Å²) in [5, 5.41) is 5.31. The zero-order valence-electron chi connectivity index (χ0n) is 21.2. The predicted octanol–water partition coefficient (Wildman–Crippen LogP) is 4.39. The first-order valence-electron chi connectivity index (χ1n) is 12.4. The Labute approximate surface area is 217 Å². The van der Waals surface area contributed by atoms with Crippen molar-refractivity contribution in [1.29, 1.82) is 0 Å². The first-order chi connectivity index (χ1) is 18.2. The van der Waals surface area contributed by atoms with Crippen LogP contribution in [-0.2, 0) is 4.79 Å². The molecule has 12 heteroatoms. The van der Waals surface area contributed by atoms with Crippen LogP contribution < -0.4 is 25.0 Å². The molecule has 1 aliphatic heterocycles. The molecule has 2 N–H and O–H groups in total. The molecule has 38 heavy (non-hydrogen) atoms. The lowest BCUT2D eigenvalue weighted by atomic mass is 9.86. The van der Waals surface area contributed by atoms with Gasteiger partial charge < -0.3 is 20.1 Å². The minimum absolute atomic E-state index is 0.0365. The van der Waals surface area contributed by atoms with Crippen LogP contribution in [0.3, 0.4) is 0 Å². The number of amides is 3. The first-order valence-corrected chi connectivity index (χ1v) is 12.4. The Bertz CT molecular complexity index is 1150. The molecule has 3 amide bonds. The van der Waals surface area contributed by atoms with Crippen LogP contribution in [0.25, 0.3) is 0 Å². The van der Waals surface area contributed by atoms with Gasteiger partial charge in [-0.2, -0.15) is 0 Å². The van der Waals surface area contributed by atoms with Gasteiger partial charge in [-0.25, -0.2) is 27.3 Å². The number of hydrogen-bond donors (Lipinski definition) is 2. The molecule has 2 aliphatic rings. The molecule has 2 aromatic rings. The molecule has 1 saturated carbocycles. The van der Waals surface area contributed by atoms with Crippen molar-refractivity contribution in [3.05, 3.63) is 47.7 Å². The van der Waals surface area contributed by atoms with Crippen molar-refractivity contribution in [1.82, 2.24) is 15.6 Å². The summed E-state index contributed by atoms with van der Waals surface area (Å²) < 4.78 is 66.7. The van der Waals surface area contributed by atoms with Crippen LogP contribution in [0.5, 0.6) is 11.5 Å². The van der Waals surface area contributed by atoms with Crippen molar-refractivity contribution in [3.8, 4) is 11.5 Å². The maximum atomic E-state index is 15.2. The highest BCUT2D eigenvalue weighted by molar-refractivity contribution is 6.03. The molecule has 0 spiro atoms. The topological polar surface area (TPSA) is 92.8 Å². The fraction of sp³-hybridized carbons (Fsp3) is 0.500. The number of ether oxygens (including phenoxy) is 2. The Morgan fingerprint density at radius 2 is 1.74 bits per heavy atom. The quantitative estimate of drug-likeness (QED) is 0.511. The van der Waals surface area contributed by atoms with E-state index in [1.165, 1.54) is 25.3 Å². The summed E-state index contributed by atoms with van der Waals surface area (Å²) in [6.07, 6.45) is 0.289. The number of rotatable bonds is 7. The van der Waals surface area contributed by atoms with Crippen LogP contribution >= 0.6 is 0 Å². The number of urea groups is 1. The second-order valence-corrected chi connectivity index (χ2v) is 9.55. The zero-order chi connectivity index (χ0) is 27.6. The van der Waals surface area contributed by atoms with Gasteiger partial charge in [0.15, 0.2) is 11.6 Å². The molecule has 1 aromatic heterocycles. The third-order valence-electron chi connectivity index (χ3n) is 7.36. The monoisotopic (exact) mass is 538 g/mol. The highest BCUT2D eigenvalue weighted by atomic mass is 19.3. The second-order valence-electron chi connectivity index (χ2n) is 9.55. The molecule has 0 bridgehead atoms. The summed E-state index contributed by atoms with van der Waals surface area (Å²) in [7, 11) is 2.67. The largest absolute Gasteiger partial charge is 0.497 e. The smallest absolute Gasteiger partial charge is 0.315 e. The highest BCUT2D eigenvalue weighted by Crippen LogP contribution is 2.42. The lowest BCUT2D eigenvalue weighted by Gasteiger charge is -2.29. The van der Waals surface area contributed by atoms with Crippen molar-refractivity contribution >= 4 is 17.8 Å². The summed E-state index contributed by atoms with van der Waals surface area (Å²) in [4.78, 5) is 32.2. The van der Waals surface area contributed by atoms with E-state index < -0.39 is 53.9 Å². The molecule has 4 rings (SSSR count). The van der Waals surface area contributed by atoms with Crippen molar-refractivity contribution in [3.63, 3.8) is 0 Å². The molecule has 1 aliphatic carbocycles. The average molecular weight is 539 g/mol. The van der Waals surface area contributed by atoms with Crippen LogP contribution in [-0.4, -0.2) is 55.7 Å². The number of anilines is 1. The summed E-state index contributed by atoms with van der Waals surface area (Å²) >= 11 is 0. The average Bonchev–Trinajstić information content (AvgIpc) is 3.12. The van der Waals surface area contributed by atoms with Gasteiger partial charge in [0, 0.05) is 47.8 Å². The fourth-order valence-corrected chi connectivity index (χ4v) is 5.40. The number of benzene rings is 1. The lowest BCUT2D eigenvalue weighted by molar-refractivity contribution is -0.118. The minimum Gasteiger partial charge on any atom is -0.497 e. The summed E-state index contributed by atoms with van der Waals surface area (Å²) in [5.74, 6) is -3.97. The lowest BCUT2D eigenvalue weighted by Crippen LogP contribution is -2.51. The van der Waals surface area contributed by atoms with Crippen LogP contribution in [0.4, 0.5) is 28.2 Å². The molecule has 0 radical (unpaired) electrons. The third-order valence-corrected chi connectivity index (χ3v) is 7.36. The number of carbonyl (C=O) groups excluding carboxylic acids is 2. The van der Waals surface area contributed by atoms with Gasteiger partial charge in [0.2, 0.25) is 6.43 Å². The molecular weight excluding hydrogens is 508 g/mol. The zero-order valence-corrected chi connectivity index (χ0v) is 21.2. The van der Waals surface area contributed by atoms with E-state index in [2.05, 4.69) is 15.6 Å². The van der Waals surface area contributed by atoms with Crippen LogP contribution in [0.2, 0.25) is 0 Å². The van der Waals surface area contributed by atoms with Gasteiger partial charge in [0.05, 0.1) is 14.2 Å². The fourth-order valence-electron chi connectivity index (χ4n) is 5.40. The summed E-state index contributed by atoms with van der Waals surface area (Å²) in [5.41, 5.74) is -0.383. The second kappa shape index (κ2) is 11.4. The Hall–Kier alpha value is -3.57. The van der Waals surface area contributed by atoms with Gasteiger partial charge in [-0.15, -0.1) is 0 Å². The van der Waals surface area contributed by atoms with E-state index in [1.807, 2.05) is 0 Å². The number of halogens is 4. The summed E-state index contributed by atoms with van der Waals surface area (Å²) in [6.45, 7) is 1.60. The predicted molar refractivity (Wildman–Crippen MR) is 131 cm³/mol. The van der Waals surface area contributed by atoms with Crippen LogP contribution in [0, 0.1) is 17.6 Å². The third kappa shape index (κ3) is 5.34. The Morgan fingerprint density at radius 3 is 2.32 bits per heavy atom. The Kier molecular flexibility index (Phi) is 8.27. The van der Waals surface area contributed by atoms with Gasteiger partial charge >= 0.3 is 6.03 Å². The van der Waals surface area contributed by atoms with Gasteiger partial charge in [0.25, 0.3) is 5.91 Å². The SMILES string of the molecule is COc1cc(F)c([C@H]2C(NC(=O)NC3CCC(C(F)F)CC3)C(=O)N(c3ncccc3OC)[C@H]2C)c(F)c1. The van der Waals surface area contributed by atoms with Gasteiger partial charge in [-0.3, -0.25) is 9.69 Å². The van der Waals surface area contributed by atoms with E-state index in [0.29, 0.717) is 12.8 Å².